The van der Waals surface area contributed by atoms with E-state index in [4.69, 9.17) is 5.73 Å². The van der Waals surface area contributed by atoms with Crippen molar-refractivity contribution in [2.24, 2.45) is 10.7 Å². The average molecular weight is 351 g/mol. The van der Waals surface area contributed by atoms with E-state index in [1.807, 2.05) is 26.1 Å². The molecule has 0 bridgehead atoms. The third kappa shape index (κ3) is 4.31. The molecule has 2 rings (SSSR count). The Balaban J connectivity index is 2.73. The molecule has 0 saturated heterocycles. The minimum absolute atomic E-state index is 0.822. The lowest BCUT2D eigenvalue weighted by Crippen LogP contribution is -2.08. The Hall–Kier alpha value is -2.62. The van der Waals surface area contributed by atoms with Crippen LogP contribution < -0.4 is 5.73 Å². The molecular weight excluding hydrogens is 320 g/mol. The molecule has 1 aromatic heterocycles. The SMILES string of the molecule is CC=N/C(C)=C(C(=C\CCC)/c1ccc2nc[nH]c2c1)\C(N)=C(/C)CC. The van der Waals surface area contributed by atoms with Crippen molar-refractivity contribution in [3.8, 4) is 0 Å². The molecular formula is C22H30N4. The highest BCUT2D eigenvalue weighted by Gasteiger charge is 2.16. The van der Waals surface area contributed by atoms with Crippen LogP contribution in [-0.4, -0.2) is 16.2 Å². The Morgan fingerprint density at radius 3 is 2.69 bits per heavy atom. The predicted octanol–water partition coefficient (Wildman–Crippen LogP) is 5.75. The van der Waals surface area contributed by atoms with Crippen molar-refractivity contribution < 1.29 is 0 Å². The number of hydrogen-bond donors (Lipinski definition) is 2. The number of nitrogens with two attached hydrogens (primary N) is 1. The maximum absolute atomic E-state index is 6.59. The zero-order valence-corrected chi connectivity index (χ0v) is 16.6. The van der Waals surface area contributed by atoms with E-state index in [0.29, 0.717) is 0 Å². The van der Waals surface area contributed by atoms with Crippen molar-refractivity contribution in [3.63, 3.8) is 0 Å². The van der Waals surface area contributed by atoms with Gasteiger partial charge in [0.15, 0.2) is 0 Å². The summed E-state index contributed by atoms with van der Waals surface area (Å²) in [6.07, 6.45) is 8.80. The second-order valence-electron chi connectivity index (χ2n) is 6.44. The molecule has 0 aliphatic heterocycles. The number of H-pyrrole nitrogens is 1. The van der Waals surface area contributed by atoms with Crippen molar-refractivity contribution in [1.29, 1.82) is 0 Å². The second-order valence-corrected chi connectivity index (χ2v) is 6.44. The topological polar surface area (TPSA) is 67.1 Å². The summed E-state index contributed by atoms with van der Waals surface area (Å²) in [7, 11) is 0. The fraction of sp³-hybridized carbons (Fsp3) is 0.364. The molecule has 4 heteroatoms. The number of aromatic nitrogens is 2. The molecule has 0 radical (unpaired) electrons. The molecule has 1 aromatic carbocycles. The molecule has 1 heterocycles. The number of unbranched alkanes of at least 4 members (excludes halogenated alkanes) is 1. The Labute approximate surface area is 156 Å². The zero-order chi connectivity index (χ0) is 19.1. The molecule has 0 fully saturated rings. The lowest BCUT2D eigenvalue weighted by molar-refractivity contribution is 0.958. The zero-order valence-electron chi connectivity index (χ0n) is 16.6. The van der Waals surface area contributed by atoms with E-state index in [1.54, 1.807) is 6.33 Å². The van der Waals surface area contributed by atoms with E-state index in [1.165, 1.54) is 5.57 Å². The van der Waals surface area contributed by atoms with Gasteiger partial charge >= 0.3 is 0 Å². The lowest BCUT2D eigenvalue weighted by atomic mass is 9.90. The third-order valence-corrected chi connectivity index (χ3v) is 4.58. The first-order valence-corrected chi connectivity index (χ1v) is 9.32. The summed E-state index contributed by atoms with van der Waals surface area (Å²) in [5.41, 5.74) is 14.8. The van der Waals surface area contributed by atoms with Crippen LogP contribution in [0, 0.1) is 0 Å². The third-order valence-electron chi connectivity index (χ3n) is 4.58. The van der Waals surface area contributed by atoms with Crippen LogP contribution in [-0.2, 0) is 0 Å². The number of hydrogen-bond acceptors (Lipinski definition) is 3. The molecule has 26 heavy (non-hydrogen) atoms. The van der Waals surface area contributed by atoms with Gasteiger partial charge in [-0.15, -0.1) is 0 Å². The first kappa shape index (κ1) is 19.7. The molecule has 138 valence electrons. The van der Waals surface area contributed by atoms with Gasteiger partial charge in [0, 0.05) is 23.2 Å². The van der Waals surface area contributed by atoms with Gasteiger partial charge in [-0.2, -0.15) is 0 Å². The van der Waals surface area contributed by atoms with Crippen molar-refractivity contribution in [2.75, 3.05) is 0 Å². The molecule has 4 nitrogen and oxygen atoms in total. The van der Waals surface area contributed by atoms with Gasteiger partial charge in [0.1, 0.15) is 0 Å². The predicted molar refractivity (Wildman–Crippen MR) is 113 cm³/mol. The number of nitrogens with one attached hydrogen (secondary N) is 1. The van der Waals surface area contributed by atoms with E-state index < -0.39 is 0 Å². The summed E-state index contributed by atoms with van der Waals surface area (Å²) < 4.78 is 0. The summed E-state index contributed by atoms with van der Waals surface area (Å²) in [6.45, 7) is 10.4. The van der Waals surface area contributed by atoms with E-state index in [9.17, 15) is 0 Å². The first-order valence-electron chi connectivity index (χ1n) is 9.32. The summed E-state index contributed by atoms with van der Waals surface area (Å²) in [5.74, 6) is 0. The minimum Gasteiger partial charge on any atom is -0.398 e. The number of imidazole rings is 1. The van der Waals surface area contributed by atoms with Gasteiger partial charge < -0.3 is 10.7 Å². The summed E-state index contributed by atoms with van der Waals surface area (Å²) >= 11 is 0. The van der Waals surface area contributed by atoms with Crippen molar-refractivity contribution in [3.05, 3.63) is 58.7 Å². The molecule has 3 N–H and O–H groups in total. The largest absolute Gasteiger partial charge is 0.398 e. The van der Waals surface area contributed by atoms with Gasteiger partial charge in [-0.1, -0.05) is 32.4 Å². The monoisotopic (exact) mass is 350 g/mol. The molecule has 0 aliphatic rings. The van der Waals surface area contributed by atoms with E-state index in [-0.39, 0.29) is 0 Å². The smallest absolute Gasteiger partial charge is 0.0931 e. The van der Waals surface area contributed by atoms with Crippen LogP contribution in [0.5, 0.6) is 0 Å². The number of fused-ring (bicyclic) bond motifs is 1. The van der Waals surface area contributed by atoms with Gasteiger partial charge in [-0.25, -0.2) is 4.98 Å². The number of benzene rings is 1. The molecule has 0 spiro atoms. The van der Waals surface area contributed by atoms with Crippen LogP contribution >= 0.6 is 0 Å². The highest BCUT2D eigenvalue weighted by molar-refractivity contribution is 5.89. The fourth-order valence-electron chi connectivity index (χ4n) is 2.95. The molecule has 0 unspecified atom stereocenters. The Bertz CT molecular complexity index is 878. The Morgan fingerprint density at radius 1 is 1.27 bits per heavy atom. The standard InChI is InChI=1S/C22H30N4/c1-6-9-10-18(17-11-12-19-20(13-17)26-14-25-19)21(16(5)24-8-3)22(23)15(4)7-2/h8,10-14H,6-7,9,23H2,1-5H3,(H,25,26)/b18-10-,21-16-,22-15-,24-8?. The number of rotatable bonds is 7. The Morgan fingerprint density at radius 2 is 2.04 bits per heavy atom. The molecule has 0 aliphatic carbocycles. The lowest BCUT2D eigenvalue weighted by Gasteiger charge is -2.18. The van der Waals surface area contributed by atoms with Crippen LogP contribution in [0.3, 0.4) is 0 Å². The number of aromatic amines is 1. The maximum atomic E-state index is 6.59. The van der Waals surface area contributed by atoms with Crippen molar-refractivity contribution in [1.82, 2.24) is 9.97 Å². The quantitative estimate of drug-likeness (QED) is 0.493. The minimum atomic E-state index is 0.822. The number of allylic oxidation sites excluding steroid dienone is 4. The van der Waals surface area contributed by atoms with Crippen LogP contribution in [0.2, 0.25) is 0 Å². The summed E-state index contributed by atoms with van der Waals surface area (Å²) in [5, 5.41) is 0. The van der Waals surface area contributed by atoms with Gasteiger partial charge in [-0.3, -0.25) is 4.99 Å². The van der Waals surface area contributed by atoms with Crippen LogP contribution in [0.1, 0.15) is 59.4 Å². The number of aliphatic imine (C=N–C) groups is 1. The average Bonchev–Trinajstić information content (AvgIpc) is 3.11. The summed E-state index contributed by atoms with van der Waals surface area (Å²) in [4.78, 5) is 12.1. The maximum Gasteiger partial charge on any atom is 0.0931 e. The Kier molecular flexibility index (Phi) is 6.96. The number of nitrogens with zero attached hydrogens (tertiary/aromatic N) is 2. The first-order chi connectivity index (χ1) is 12.5. The van der Waals surface area contributed by atoms with E-state index in [2.05, 4.69) is 53.9 Å². The second kappa shape index (κ2) is 9.18. The molecule has 0 atom stereocenters. The molecule has 0 saturated carbocycles. The van der Waals surface area contributed by atoms with Crippen molar-refractivity contribution >= 4 is 22.8 Å². The van der Waals surface area contributed by atoms with E-state index >= 15 is 0 Å². The van der Waals surface area contributed by atoms with Crippen molar-refractivity contribution in [2.45, 2.75) is 53.9 Å². The normalized spacial score (nSPS) is 14.7. The highest BCUT2D eigenvalue weighted by atomic mass is 14.9. The summed E-state index contributed by atoms with van der Waals surface area (Å²) in [6, 6.07) is 6.30. The van der Waals surface area contributed by atoms with Gasteiger partial charge in [0.25, 0.3) is 0 Å². The van der Waals surface area contributed by atoms with Crippen LogP contribution in [0.4, 0.5) is 0 Å². The van der Waals surface area contributed by atoms with Crippen LogP contribution in [0.15, 0.2) is 58.1 Å². The molecule has 2 aromatic rings. The molecule has 0 amide bonds. The fourth-order valence-corrected chi connectivity index (χ4v) is 2.95. The van der Waals surface area contributed by atoms with Gasteiger partial charge in [0.2, 0.25) is 0 Å². The van der Waals surface area contributed by atoms with Gasteiger partial charge in [-0.05, 0) is 62.5 Å². The van der Waals surface area contributed by atoms with E-state index in [0.717, 1.165) is 58.4 Å². The van der Waals surface area contributed by atoms with Gasteiger partial charge in [0.05, 0.1) is 17.4 Å². The van der Waals surface area contributed by atoms with Crippen LogP contribution in [0.25, 0.3) is 16.6 Å². The highest BCUT2D eigenvalue weighted by Crippen LogP contribution is 2.33.